The Labute approximate surface area is 162 Å². The van der Waals surface area contributed by atoms with Gasteiger partial charge >= 0.3 is 0 Å². The number of hydrogen-bond acceptors (Lipinski definition) is 2. The van der Waals surface area contributed by atoms with Crippen molar-refractivity contribution in [1.82, 2.24) is 14.5 Å². The molecule has 1 aliphatic heterocycles. The topological polar surface area (TPSA) is 21.1 Å². The Bertz CT molecular complexity index is 735. The molecule has 26 heavy (non-hydrogen) atoms. The maximum Gasteiger partial charge on any atom is 0.204 e. The van der Waals surface area contributed by atoms with Crippen molar-refractivity contribution in [1.29, 1.82) is 0 Å². The van der Waals surface area contributed by atoms with Crippen LogP contribution in [0.5, 0.6) is 0 Å². The Hall–Kier alpha value is -1.06. The van der Waals surface area contributed by atoms with Crippen LogP contribution in [0.1, 0.15) is 71.3 Å². The number of imidazole rings is 1. The second-order valence-corrected chi connectivity index (χ2v) is 8.97. The summed E-state index contributed by atoms with van der Waals surface area (Å²) in [5.74, 6) is 0.731. The van der Waals surface area contributed by atoms with Gasteiger partial charge in [-0.3, -0.25) is 4.90 Å². The highest BCUT2D eigenvalue weighted by Crippen LogP contribution is 2.41. The summed E-state index contributed by atoms with van der Waals surface area (Å²) >= 11 is 6.52. The monoisotopic (exact) mass is 373 g/mol. The molecule has 1 saturated heterocycles. The van der Waals surface area contributed by atoms with Gasteiger partial charge in [0.1, 0.15) is 0 Å². The van der Waals surface area contributed by atoms with E-state index in [0.717, 1.165) is 11.4 Å². The van der Waals surface area contributed by atoms with Gasteiger partial charge in [-0.05, 0) is 55.3 Å². The molecule has 1 aromatic heterocycles. The number of nitrogens with zero attached hydrogens (tertiary/aromatic N) is 3. The standard InChI is InChI=1S/C22H32ClN3/c1-17(2)22(13-7-3-4-8-14-22)25-15-11-18(12-16-25)26-20-10-6-5-9-19(20)24-21(26)23/h5-6,9-10,17-18H,3-4,7-8,11-16H2,1-2H3. The minimum Gasteiger partial charge on any atom is -0.311 e. The van der Waals surface area contributed by atoms with Crippen LogP contribution in [-0.4, -0.2) is 33.1 Å². The molecule has 1 aromatic carbocycles. The number of likely N-dealkylation sites (tertiary alicyclic amines) is 1. The number of benzene rings is 1. The molecule has 3 nitrogen and oxygen atoms in total. The molecule has 2 aromatic rings. The molecule has 1 saturated carbocycles. The van der Waals surface area contributed by atoms with Gasteiger partial charge in [-0.2, -0.15) is 0 Å². The van der Waals surface area contributed by atoms with Gasteiger partial charge in [0.15, 0.2) is 0 Å². The predicted molar refractivity (Wildman–Crippen MR) is 110 cm³/mol. The molecule has 0 unspecified atom stereocenters. The molecule has 0 radical (unpaired) electrons. The van der Waals surface area contributed by atoms with Crippen molar-refractivity contribution in [2.75, 3.05) is 13.1 Å². The Morgan fingerprint density at radius 1 is 1.04 bits per heavy atom. The largest absolute Gasteiger partial charge is 0.311 e. The van der Waals surface area contributed by atoms with E-state index >= 15 is 0 Å². The summed E-state index contributed by atoms with van der Waals surface area (Å²) in [5, 5.41) is 0.651. The third-order valence-corrected chi connectivity index (χ3v) is 7.32. The van der Waals surface area contributed by atoms with E-state index in [4.69, 9.17) is 11.6 Å². The minimum atomic E-state index is 0.419. The van der Waals surface area contributed by atoms with Crippen molar-refractivity contribution < 1.29 is 0 Å². The Morgan fingerprint density at radius 2 is 1.69 bits per heavy atom. The molecule has 1 aliphatic carbocycles. The first-order valence-corrected chi connectivity index (χ1v) is 10.9. The van der Waals surface area contributed by atoms with Crippen LogP contribution in [0.2, 0.25) is 5.28 Å². The van der Waals surface area contributed by atoms with E-state index in [2.05, 4.69) is 46.5 Å². The quantitative estimate of drug-likeness (QED) is 0.608. The number of rotatable bonds is 3. The molecule has 142 valence electrons. The highest BCUT2D eigenvalue weighted by molar-refractivity contribution is 6.29. The average Bonchev–Trinajstić information content (AvgIpc) is 2.82. The highest BCUT2D eigenvalue weighted by atomic mass is 35.5. The van der Waals surface area contributed by atoms with Crippen LogP contribution in [0, 0.1) is 5.92 Å². The smallest absolute Gasteiger partial charge is 0.204 e. The second kappa shape index (κ2) is 7.52. The fraction of sp³-hybridized carbons (Fsp3) is 0.682. The van der Waals surface area contributed by atoms with Gasteiger partial charge < -0.3 is 4.57 Å². The van der Waals surface area contributed by atoms with Crippen LogP contribution in [0.3, 0.4) is 0 Å². The van der Waals surface area contributed by atoms with Crippen LogP contribution in [-0.2, 0) is 0 Å². The Balaban J connectivity index is 1.53. The van der Waals surface area contributed by atoms with Crippen LogP contribution in [0.15, 0.2) is 24.3 Å². The van der Waals surface area contributed by atoms with E-state index in [1.807, 2.05) is 6.07 Å². The van der Waals surface area contributed by atoms with Crippen LogP contribution in [0.4, 0.5) is 0 Å². The third kappa shape index (κ3) is 3.18. The summed E-state index contributed by atoms with van der Waals surface area (Å²) in [6.45, 7) is 7.26. The maximum atomic E-state index is 6.52. The zero-order chi connectivity index (χ0) is 18.1. The van der Waals surface area contributed by atoms with Gasteiger partial charge in [0.05, 0.1) is 11.0 Å². The van der Waals surface area contributed by atoms with E-state index in [9.17, 15) is 0 Å². The van der Waals surface area contributed by atoms with Gasteiger partial charge in [-0.15, -0.1) is 0 Å². The van der Waals surface area contributed by atoms with Gasteiger partial charge in [0, 0.05) is 24.7 Å². The summed E-state index contributed by atoms with van der Waals surface area (Å²) < 4.78 is 2.28. The van der Waals surface area contributed by atoms with Gasteiger partial charge in [-0.1, -0.05) is 51.7 Å². The SMILES string of the molecule is CC(C)C1(N2CCC(n3c(Cl)nc4ccccc43)CC2)CCCCCC1. The van der Waals surface area contributed by atoms with Crippen molar-refractivity contribution in [2.24, 2.45) is 5.92 Å². The molecule has 2 heterocycles. The molecule has 2 fully saturated rings. The third-order valence-electron chi connectivity index (χ3n) is 7.06. The van der Waals surface area contributed by atoms with Crippen LogP contribution in [0.25, 0.3) is 11.0 Å². The normalized spacial score (nSPS) is 22.8. The Morgan fingerprint density at radius 3 is 2.35 bits per heavy atom. The number of fused-ring (bicyclic) bond motifs is 1. The lowest BCUT2D eigenvalue weighted by Crippen LogP contribution is -2.55. The molecule has 4 heteroatoms. The van der Waals surface area contributed by atoms with Gasteiger partial charge in [0.25, 0.3) is 0 Å². The van der Waals surface area contributed by atoms with E-state index in [1.54, 1.807) is 0 Å². The number of hydrogen-bond donors (Lipinski definition) is 0. The molecule has 0 atom stereocenters. The maximum absolute atomic E-state index is 6.52. The van der Waals surface area contributed by atoms with E-state index in [1.165, 1.54) is 70.0 Å². The van der Waals surface area contributed by atoms with Crippen LogP contribution < -0.4 is 0 Å². The zero-order valence-corrected chi connectivity index (χ0v) is 17.0. The summed E-state index contributed by atoms with van der Waals surface area (Å²) in [5.41, 5.74) is 2.62. The van der Waals surface area contributed by atoms with E-state index in [0.29, 0.717) is 16.9 Å². The molecule has 4 rings (SSSR count). The van der Waals surface area contributed by atoms with Crippen molar-refractivity contribution in [3.63, 3.8) is 0 Å². The number of halogens is 1. The lowest BCUT2D eigenvalue weighted by molar-refractivity contribution is 0.00450. The lowest BCUT2D eigenvalue weighted by atomic mass is 9.77. The Kier molecular flexibility index (Phi) is 5.29. The molecule has 0 spiro atoms. The summed E-state index contributed by atoms with van der Waals surface area (Å²) in [4.78, 5) is 7.41. The summed E-state index contributed by atoms with van der Waals surface area (Å²) in [7, 11) is 0. The van der Waals surface area contributed by atoms with Crippen LogP contribution >= 0.6 is 11.6 Å². The average molecular weight is 374 g/mol. The van der Waals surface area contributed by atoms with Crippen molar-refractivity contribution in [3.8, 4) is 0 Å². The highest BCUT2D eigenvalue weighted by Gasteiger charge is 2.41. The minimum absolute atomic E-state index is 0.419. The number of para-hydroxylation sites is 2. The zero-order valence-electron chi connectivity index (χ0n) is 16.3. The van der Waals surface area contributed by atoms with Gasteiger partial charge in [0.2, 0.25) is 5.28 Å². The van der Waals surface area contributed by atoms with Gasteiger partial charge in [-0.25, -0.2) is 4.98 Å². The first kappa shape index (κ1) is 18.3. The molecular weight excluding hydrogens is 342 g/mol. The first-order chi connectivity index (χ1) is 12.6. The summed E-state index contributed by atoms with van der Waals surface area (Å²) in [6, 6.07) is 8.82. The fourth-order valence-corrected chi connectivity index (χ4v) is 5.85. The molecule has 0 bridgehead atoms. The molecule has 0 N–H and O–H groups in total. The molecule has 0 amide bonds. The number of piperidine rings is 1. The second-order valence-electron chi connectivity index (χ2n) is 8.63. The fourth-order valence-electron chi connectivity index (χ4n) is 5.53. The molecule has 2 aliphatic rings. The van der Waals surface area contributed by atoms with E-state index < -0.39 is 0 Å². The van der Waals surface area contributed by atoms with Crippen molar-refractivity contribution in [2.45, 2.75) is 76.8 Å². The first-order valence-electron chi connectivity index (χ1n) is 10.5. The van der Waals surface area contributed by atoms with Crippen molar-refractivity contribution >= 4 is 22.6 Å². The van der Waals surface area contributed by atoms with Crippen molar-refractivity contribution in [3.05, 3.63) is 29.5 Å². The summed E-state index contributed by atoms with van der Waals surface area (Å²) in [6.07, 6.45) is 10.7. The lowest BCUT2D eigenvalue weighted by Gasteiger charge is -2.50. The number of aromatic nitrogens is 2. The van der Waals surface area contributed by atoms with E-state index in [-0.39, 0.29) is 0 Å². The molecular formula is C22H32ClN3. The predicted octanol–water partition coefficient (Wildman–Crippen LogP) is 6.08.